The fraction of sp³-hybridized carbons (Fsp3) is 0.533. The van der Waals surface area contributed by atoms with Crippen LogP contribution in [0.3, 0.4) is 0 Å². The molecule has 0 aliphatic carbocycles. The molecule has 1 aromatic carbocycles. The molecule has 1 aliphatic rings. The van der Waals surface area contributed by atoms with E-state index in [-0.39, 0.29) is 5.91 Å². The van der Waals surface area contributed by atoms with Crippen LogP contribution in [0.1, 0.15) is 35.7 Å². The zero-order valence-electron chi connectivity index (χ0n) is 11.8. The summed E-state index contributed by atoms with van der Waals surface area (Å²) in [5.74, 6) is -0.0327. The van der Waals surface area contributed by atoms with Gasteiger partial charge in [0.05, 0.1) is 0 Å². The van der Waals surface area contributed by atoms with Crippen molar-refractivity contribution in [3.8, 4) is 0 Å². The van der Waals surface area contributed by atoms with Gasteiger partial charge in [0.15, 0.2) is 0 Å². The Hall–Kier alpha value is -1.55. The largest absolute Gasteiger partial charge is 0.398 e. The van der Waals surface area contributed by atoms with Crippen LogP contribution in [0.25, 0.3) is 0 Å². The summed E-state index contributed by atoms with van der Waals surface area (Å²) in [7, 11) is 0. The van der Waals surface area contributed by atoms with E-state index in [1.165, 1.54) is 12.8 Å². The average molecular weight is 261 g/mol. The highest BCUT2D eigenvalue weighted by molar-refractivity contribution is 5.95. The summed E-state index contributed by atoms with van der Waals surface area (Å²) >= 11 is 0. The lowest BCUT2D eigenvalue weighted by Crippen LogP contribution is -2.40. The third-order valence-corrected chi connectivity index (χ3v) is 3.94. The van der Waals surface area contributed by atoms with Crippen LogP contribution in [0.4, 0.5) is 5.69 Å². The molecule has 1 fully saturated rings. The highest BCUT2D eigenvalue weighted by Gasteiger charge is 2.23. The van der Waals surface area contributed by atoms with Crippen molar-refractivity contribution in [3.63, 3.8) is 0 Å². The third-order valence-electron chi connectivity index (χ3n) is 3.94. The summed E-state index contributed by atoms with van der Waals surface area (Å²) < 4.78 is 0. The molecule has 4 nitrogen and oxygen atoms in total. The summed E-state index contributed by atoms with van der Waals surface area (Å²) in [5.41, 5.74) is 8.15. The van der Waals surface area contributed by atoms with E-state index in [2.05, 4.69) is 17.1 Å². The molecule has 3 N–H and O–H groups in total. The van der Waals surface area contributed by atoms with Crippen LogP contribution in [0.5, 0.6) is 0 Å². The van der Waals surface area contributed by atoms with E-state index < -0.39 is 0 Å². The Morgan fingerprint density at radius 2 is 2.32 bits per heavy atom. The number of aryl methyl sites for hydroxylation is 1. The smallest absolute Gasteiger partial charge is 0.251 e. The van der Waals surface area contributed by atoms with E-state index >= 15 is 0 Å². The van der Waals surface area contributed by atoms with Gasteiger partial charge in [-0.2, -0.15) is 0 Å². The van der Waals surface area contributed by atoms with Crippen LogP contribution in [0, 0.1) is 6.92 Å². The van der Waals surface area contributed by atoms with Crippen LogP contribution in [0.15, 0.2) is 18.2 Å². The first-order valence-electron chi connectivity index (χ1n) is 7.00. The SMILES string of the molecule is CCN1CCCC1CNC(=O)c1ccc(C)c(N)c1. The number of nitrogens with zero attached hydrogens (tertiary/aromatic N) is 1. The number of amides is 1. The summed E-state index contributed by atoms with van der Waals surface area (Å²) in [4.78, 5) is 14.5. The number of benzene rings is 1. The van der Waals surface area contributed by atoms with Crippen LogP contribution in [-0.4, -0.2) is 36.5 Å². The standard InChI is InChI=1S/C15H23N3O/c1-3-18-8-4-5-13(18)10-17-15(19)12-7-6-11(2)14(16)9-12/h6-7,9,13H,3-5,8,10,16H2,1-2H3,(H,17,19). The monoisotopic (exact) mass is 261 g/mol. The second kappa shape index (κ2) is 6.06. The molecule has 19 heavy (non-hydrogen) atoms. The molecule has 0 radical (unpaired) electrons. The lowest BCUT2D eigenvalue weighted by molar-refractivity contribution is 0.0941. The predicted molar refractivity (Wildman–Crippen MR) is 78.2 cm³/mol. The Morgan fingerprint density at radius 1 is 1.53 bits per heavy atom. The Labute approximate surface area is 115 Å². The van der Waals surface area contributed by atoms with E-state index in [1.807, 2.05) is 19.1 Å². The van der Waals surface area contributed by atoms with Crippen LogP contribution < -0.4 is 11.1 Å². The van der Waals surface area contributed by atoms with Crippen molar-refractivity contribution in [3.05, 3.63) is 29.3 Å². The number of likely N-dealkylation sites (tertiary alicyclic amines) is 1. The molecule has 0 bridgehead atoms. The molecular weight excluding hydrogens is 238 g/mol. The molecule has 1 unspecified atom stereocenters. The number of nitrogen functional groups attached to an aromatic ring is 1. The molecule has 1 aromatic rings. The third kappa shape index (κ3) is 3.26. The van der Waals surface area contributed by atoms with E-state index in [0.717, 1.165) is 25.2 Å². The van der Waals surface area contributed by atoms with Crippen molar-refractivity contribution in [1.82, 2.24) is 10.2 Å². The van der Waals surface area contributed by atoms with Crippen molar-refractivity contribution in [2.45, 2.75) is 32.7 Å². The zero-order chi connectivity index (χ0) is 13.8. The fourth-order valence-corrected chi connectivity index (χ4v) is 2.64. The van der Waals surface area contributed by atoms with Gasteiger partial charge in [-0.25, -0.2) is 0 Å². The summed E-state index contributed by atoms with van der Waals surface area (Å²) in [6, 6.07) is 5.94. The van der Waals surface area contributed by atoms with E-state index in [4.69, 9.17) is 5.73 Å². The fourth-order valence-electron chi connectivity index (χ4n) is 2.64. The lowest BCUT2D eigenvalue weighted by atomic mass is 10.1. The minimum absolute atomic E-state index is 0.0327. The molecule has 1 atom stereocenters. The maximum Gasteiger partial charge on any atom is 0.251 e. The number of nitrogens with one attached hydrogen (secondary N) is 1. The minimum Gasteiger partial charge on any atom is -0.398 e. The number of hydrogen-bond acceptors (Lipinski definition) is 3. The Balaban J connectivity index is 1.92. The molecule has 1 aliphatic heterocycles. The van der Waals surface area contributed by atoms with Crippen LogP contribution in [-0.2, 0) is 0 Å². The molecule has 104 valence electrons. The number of anilines is 1. The van der Waals surface area contributed by atoms with Crippen molar-refractivity contribution in [2.75, 3.05) is 25.4 Å². The first-order chi connectivity index (χ1) is 9.11. The van der Waals surface area contributed by atoms with Gasteiger partial charge in [-0.3, -0.25) is 9.69 Å². The van der Waals surface area contributed by atoms with E-state index in [0.29, 0.717) is 17.3 Å². The normalized spacial score (nSPS) is 19.6. The quantitative estimate of drug-likeness (QED) is 0.812. The molecule has 1 saturated heterocycles. The highest BCUT2D eigenvalue weighted by atomic mass is 16.1. The van der Waals surface area contributed by atoms with Gasteiger partial charge < -0.3 is 11.1 Å². The zero-order valence-corrected chi connectivity index (χ0v) is 11.8. The Morgan fingerprint density at radius 3 is 3.00 bits per heavy atom. The lowest BCUT2D eigenvalue weighted by Gasteiger charge is -2.22. The summed E-state index contributed by atoms with van der Waals surface area (Å²) in [5, 5.41) is 3.02. The molecule has 1 heterocycles. The summed E-state index contributed by atoms with van der Waals surface area (Å²) in [6.07, 6.45) is 2.40. The van der Waals surface area contributed by atoms with Gasteiger partial charge in [-0.1, -0.05) is 13.0 Å². The van der Waals surface area contributed by atoms with Crippen molar-refractivity contribution < 1.29 is 4.79 Å². The number of hydrogen-bond donors (Lipinski definition) is 2. The first kappa shape index (κ1) is 13.9. The number of rotatable bonds is 4. The van der Waals surface area contributed by atoms with Gasteiger partial charge in [0.25, 0.3) is 5.91 Å². The number of nitrogens with two attached hydrogens (primary N) is 1. The molecule has 1 amide bonds. The van der Waals surface area contributed by atoms with Crippen molar-refractivity contribution in [2.24, 2.45) is 0 Å². The molecule has 0 saturated carbocycles. The topological polar surface area (TPSA) is 58.4 Å². The van der Waals surface area contributed by atoms with Gasteiger partial charge in [-0.15, -0.1) is 0 Å². The van der Waals surface area contributed by atoms with Gasteiger partial charge in [-0.05, 0) is 50.6 Å². The maximum absolute atomic E-state index is 12.1. The maximum atomic E-state index is 12.1. The average Bonchev–Trinajstić information content (AvgIpc) is 2.86. The van der Waals surface area contributed by atoms with Gasteiger partial charge in [0, 0.05) is 23.8 Å². The molecule has 0 spiro atoms. The number of carbonyl (C=O) groups is 1. The number of likely N-dealkylation sites (N-methyl/N-ethyl adjacent to an activating group) is 1. The van der Waals surface area contributed by atoms with Crippen molar-refractivity contribution >= 4 is 11.6 Å². The Bertz CT molecular complexity index is 459. The van der Waals surface area contributed by atoms with Gasteiger partial charge in [0.1, 0.15) is 0 Å². The Kier molecular flexibility index (Phi) is 4.43. The molecule has 0 aromatic heterocycles. The van der Waals surface area contributed by atoms with Gasteiger partial charge in [0.2, 0.25) is 0 Å². The number of carbonyl (C=O) groups excluding carboxylic acids is 1. The minimum atomic E-state index is -0.0327. The summed E-state index contributed by atoms with van der Waals surface area (Å²) in [6.45, 7) is 7.03. The molecular formula is C15H23N3O. The van der Waals surface area contributed by atoms with Crippen molar-refractivity contribution in [1.29, 1.82) is 0 Å². The van der Waals surface area contributed by atoms with Gasteiger partial charge >= 0.3 is 0 Å². The second-order valence-corrected chi connectivity index (χ2v) is 5.21. The highest BCUT2D eigenvalue weighted by Crippen LogP contribution is 2.16. The molecule has 2 rings (SSSR count). The second-order valence-electron chi connectivity index (χ2n) is 5.21. The van der Waals surface area contributed by atoms with E-state index in [1.54, 1.807) is 6.07 Å². The van der Waals surface area contributed by atoms with Crippen LogP contribution >= 0.6 is 0 Å². The molecule has 4 heteroatoms. The van der Waals surface area contributed by atoms with Crippen LogP contribution in [0.2, 0.25) is 0 Å². The first-order valence-corrected chi connectivity index (χ1v) is 7.00. The van der Waals surface area contributed by atoms with E-state index in [9.17, 15) is 4.79 Å². The predicted octanol–water partition coefficient (Wildman–Crippen LogP) is 1.79.